The number of ether oxygens (including phenoxy) is 1. The van der Waals surface area contributed by atoms with Crippen molar-refractivity contribution in [3.05, 3.63) is 29.8 Å². The first-order chi connectivity index (χ1) is 8.88. The standard InChI is InChI=1S/C16H27NO2/c1-12(13-6-8-14(19-5)9-7-13)17-15(10-11-18)16(2,3)4/h6-9,12,15,17-18H,10-11H2,1-5H3. The van der Waals surface area contributed by atoms with Crippen molar-refractivity contribution in [2.45, 2.75) is 46.2 Å². The van der Waals surface area contributed by atoms with Crippen LogP contribution in [0.25, 0.3) is 0 Å². The van der Waals surface area contributed by atoms with E-state index in [1.54, 1.807) is 7.11 Å². The van der Waals surface area contributed by atoms with Gasteiger partial charge in [-0.15, -0.1) is 0 Å². The number of benzene rings is 1. The monoisotopic (exact) mass is 265 g/mol. The van der Waals surface area contributed by atoms with E-state index in [0.717, 1.165) is 12.2 Å². The van der Waals surface area contributed by atoms with E-state index in [9.17, 15) is 5.11 Å². The molecule has 2 atom stereocenters. The van der Waals surface area contributed by atoms with Crippen molar-refractivity contribution in [3.8, 4) is 5.75 Å². The van der Waals surface area contributed by atoms with Crippen LogP contribution in [0, 0.1) is 5.41 Å². The smallest absolute Gasteiger partial charge is 0.118 e. The first kappa shape index (κ1) is 16.0. The van der Waals surface area contributed by atoms with Gasteiger partial charge in [-0.1, -0.05) is 32.9 Å². The van der Waals surface area contributed by atoms with E-state index in [1.807, 2.05) is 12.1 Å². The van der Waals surface area contributed by atoms with Crippen LogP contribution in [0.15, 0.2) is 24.3 Å². The fourth-order valence-corrected chi connectivity index (χ4v) is 2.19. The summed E-state index contributed by atoms with van der Waals surface area (Å²) in [5, 5.41) is 12.8. The predicted molar refractivity (Wildman–Crippen MR) is 79.5 cm³/mol. The van der Waals surface area contributed by atoms with E-state index in [0.29, 0.717) is 0 Å². The van der Waals surface area contributed by atoms with Crippen LogP contribution in [0.3, 0.4) is 0 Å². The number of aliphatic hydroxyl groups is 1. The van der Waals surface area contributed by atoms with Crippen molar-refractivity contribution in [1.29, 1.82) is 0 Å². The van der Waals surface area contributed by atoms with Crippen LogP contribution in [-0.4, -0.2) is 24.9 Å². The van der Waals surface area contributed by atoms with E-state index in [4.69, 9.17) is 4.74 Å². The lowest BCUT2D eigenvalue weighted by Crippen LogP contribution is -2.42. The Hall–Kier alpha value is -1.06. The number of aliphatic hydroxyl groups excluding tert-OH is 1. The number of rotatable bonds is 6. The molecule has 0 aliphatic rings. The number of hydrogen-bond acceptors (Lipinski definition) is 3. The summed E-state index contributed by atoms with van der Waals surface area (Å²) in [7, 11) is 1.67. The molecule has 0 aliphatic carbocycles. The van der Waals surface area contributed by atoms with E-state index in [1.165, 1.54) is 5.56 Å². The van der Waals surface area contributed by atoms with Gasteiger partial charge in [0.05, 0.1) is 7.11 Å². The highest BCUT2D eigenvalue weighted by Crippen LogP contribution is 2.25. The van der Waals surface area contributed by atoms with Crippen molar-refractivity contribution in [3.63, 3.8) is 0 Å². The molecule has 2 unspecified atom stereocenters. The van der Waals surface area contributed by atoms with E-state index in [2.05, 4.69) is 45.1 Å². The van der Waals surface area contributed by atoms with Gasteiger partial charge >= 0.3 is 0 Å². The lowest BCUT2D eigenvalue weighted by molar-refractivity contribution is 0.188. The summed E-state index contributed by atoms with van der Waals surface area (Å²) in [6.45, 7) is 8.95. The van der Waals surface area contributed by atoms with Gasteiger partial charge in [-0.2, -0.15) is 0 Å². The van der Waals surface area contributed by atoms with Gasteiger partial charge in [0.15, 0.2) is 0 Å². The Kier molecular flexibility index (Phi) is 5.83. The predicted octanol–water partition coefficient (Wildman–Crippen LogP) is 3.14. The average Bonchev–Trinajstić information content (AvgIpc) is 2.37. The van der Waals surface area contributed by atoms with Gasteiger partial charge in [0.2, 0.25) is 0 Å². The zero-order valence-corrected chi connectivity index (χ0v) is 12.7. The molecule has 0 aromatic heterocycles. The molecule has 0 aliphatic heterocycles. The lowest BCUT2D eigenvalue weighted by atomic mass is 9.84. The zero-order valence-electron chi connectivity index (χ0n) is 12.7. The van der Waals surface area contributed by atoms with Crippen LogP contribution in [0.1, 0.15) is 45.7 Å². The third-order valence-electron chi connectivity index (χ3n) is 3.53. The summed E-state index contributed by atoms with van der Waals surface area (Å²) in [5.74, 6) is 0.874. The van der Waals surface area contributed by atoms with Crippen LogP contribution in [0.4, 0.5) is 0 Å². The van der Waals surface area contributed by atoms with Gasteiger partial charge in [-0.3, -0.25) is 0 Å². The minimum absolute atomic E-state index is 0.128. The molecule has 1 aromatic rings. The summed E-state index contributed by atoms with van der Waals surface area (Å²) in [5.41, 5.74) is 1.36. The first-order valence-corrected chi connectivity index (χ1v) is 6.89. The number of hydrogen-bond donors (Lipinski definition) is 2. The van der Waals surface area contributed by atoms with Gasteiger partial charge in [0.1, 0.15) is 5.75 Å². The highest BCUT2D eigenvalue weighted by atomic mass is 16.5. The second kappa shape index (κ2) is 6.92. The molecule has 0 radical (unpaired) electrons. The summed E-state index contributed by atoms with van der Waals surface area (Å²) in [6, 6.07) is 8.65. The normalized spacial score (nSPS) is 15.1. The minimum atomic E-state index is 0.128. The van der Waals surface area contributed by atoms with Gasteiger partial charge < -0.3 is 15.2 Å². The maximum atomic E-state index is 9.20. The van der Waals surface area contributed by atoms with Crippen molar-refractivity contribution < 1.29 is 9.84 Å². The molecule has 0 fully saturated rings. The first-order valence-electron chi connectivity index (χ1n) is 6.89. The quantitative estimate of drug-likeness (QED) is 0.830. The molecule has 2 N–H and O–H groups in total. The van der Waals surface area contributed by atoms with Crippen LogP contribution in [0.2, 0.25) is 0 Å². The van der Waals surface area contributed by atoms with Gasteiger partial charge in [-0.25, -0.2) is 0 Å². The molecule has 1 aromatic carbocycles. The van der Waals surface area contributed by atoms with Crippen LogP contribution in [0.5, 0.6) is 5.75 Å². The number of nitrogens with one attached hydrogen (secondary N) is 1. The molecule has 0 amide bonds. The maximum Gasteiger partial charge on any atom is 0.118 e. The fourth-order valence-electron chi connectivity index (χ4n) is 2.19. The van der Waals surface area contributed by atoms with Crippen molar-refractivity contribution >= 4 is 0 Å². The third kappa shape index (κ3) is 4.84. The lowest BCUT2D eigenvalue weighted by Gasteiger charge is -2.34. The Morgan fingerprint density at radius 2 is 1.79 bits per heavy atom. The SMILES string of the molecule is COc1ccc(C(C)NC(CCO)C(C)(C)C)cc1. The minimum Gasteiger partial charge on any atom is -0.497 e. The maximum absolute atomic E-state index is 9.20. The van der Waals surface area contributed by atoms with Crippen molar-refractivity contribution in [2.75, 3.05) is 13.7 Å². The second-order valence-corrected chi connectivity index (χ2v) is 6.09. The van der Waals surface area contributed by atoms with Gasteiger partial charge in [-0.05, 0) is 36.5 Å². The zero-order chi connectivity index (χ0) is 14.5. The molecule has 0 heterocycles. The van der Waals surface area contributed by atoms with Gasteiger partial charge in [0.25, 0.3) is 0 Å². The Morgan fingerprint density at radius 3 is 2.21 bits per heavy atom. The molecule has 0 spiro atoms. The highest BCUT2D eigenvalue weighted by Gasteiger charge is 2.25. The summed E-state index contributed by atoms with van der Waals surface area (Å²) in [4.78, 5) is 0. The molecule has 0 bridgehead atoms. The third-order valence-corrected chi connectivity index (χ3v) is 3.53. The Balaban J connectivity index is 2.72. The van der Waals surface area contributed by atoms with Crippen LogP contribution in [-0.2, 0) is 0 Å². The molecule has 0 saturated carbocycles. The molecule has 0 saturated heterocycles. The molecular formula is C16H27NO2. The van der Waals surface area contributed by atoms with Gasteiger partial charge in [0, 0.05) is 18.7 Å². The molecule has 3 heteroatoms. The summed E-state index contributed by atoms with van der Waals surface area (Å²) in [6.07, 6.45) is 0.768. The van der Waals surface area contributed by atoms with Crippen molar-refractivity contribution in [2.24, 2.45) is 5.41 Å². The van der Waals surface area contributed by atoms with E-state index >= 15 is 0 Å². The molecular weight excluding hydrogens is 238 g/mol. The van der Waals surface area contributed by atoms with E-state index < -0.39 is 0 Å². The van der Waals surface area contributed by atoms with Crippen LogP contribution >= 0.6 is 0 Å². The molecule has 3 nitrogen and oxygen atoms in total. The topological polar surface area (TPSA) is 41.5 Å². The summed E-state index contributed by atoms with van der Waals surface area (Å²) >= 11 is 0. The summed E-state index contributed by atoms with van der Waals surface area (Å²) < 4.78 is 5.17. The average molecular weight is 265 g/mol. The molecule has 19 heavy (non-hydrogen) atoms. The fraction of sp³-hybridized carbons (Fsp3) is 0.625. The molecule has 1 rings (SSSR count). The van der Waals surface area contributed by atoms with E-state index in [-0.39, 0.29) is 24.1 Å². The highest BCUT2D eigenvalue weighted by molar-refractivity contribution is 5.28. The molecule has 108 valence electrons. The Bertz CT molecular complexity index is 367. The largest absolute Gasteiger partial charge is 0.497 e. The van der Waals surface area contributed by atoms with Crippen molar-refractivity contribution in [1.82, 2.24) is 5.32 Å². The second-order valence-electron chi connectivity index (χ2n) is 6.09. The number of methoxy groups -OCH3 is 1. The Labute approximate surface area is 117 Å². The van der Waals surface area contributed by atoms with Crippen LogP contribution < -0.4 is 10.1 Å². The Morgan fingerprint density at radius 1 is 1.21 bits per heavy atom.